The molecule has 1 aliphatic heterocycles. The zero-order chi connectivity index (χ0) is 13.2. The van der Waals surface area contributed by atoms with Gasteiger partial charge in [-0.3, -0.25) is 4.90 Å². The number of hydrogen-bond acceptors (Lipinski definition) is 7. The van der Waals surface area contributed by atoms with Gasteiger partial charge >= 0.3 is 0 Å². The lowest BCUT2D eigenvalue weighted by Gasteiger charge is -2.19. The Morgan fingerprint density at radius 1 is 1.42 bits per heavy atom. The fraction of sp³-hybridized carbons (Fsp3) is 0.500. The van der Waals surface area contributed by atoms with Gasteiger partial charge in [0.2, 0.25) is 5.13 Å². The third-order valence-corrected chi connectivity index (χ3v) is 3.92. The molecule has 0 aliphatic carbocycles. The minimum atomic E-state index is 0.400. The van der Waals surface area contributed by atoms with Crippen LogP contribution in [0.15, 0.2) is 11.6 Å². The maximum atomic E-state index is 4.57. The van der Waals surface area contributed by atoms with Crippen LogP contribution in [0, 0.1) is 6.92 Å². The number of likely N-dealkylation sites (tertiary alicyclic amines) is 1. The lowest BCUT2D eigenvalue weighted by Crippen LogP contribution is -2.19. The van der Waals surface area contributed by atoms with Gasteiger partial charge in [0.25, 0.3) is 0 Å². The van der Waals surface area contributed by atoms with Gasteiger partial charge in [-0.05, 0) is 33.4 Å². The van der Waals surface area contributed by atoms with Gasteiger partial charge in [0, 0.05) is 6.07 Å². The second-order valence-corrected chi connectivity index (χ2v) is 5.57. The normalized spacial score (nSPS) is 19.8. The average molecular weight is 276 g/mol. The van der Waals surface area contributed by atoms with Crippen molar-refractivity contribution in [3.63, 3.8) is 0 Å². The summed E-state index contributed by atoms with van der Waals surface area (Å²) in [5.74, 6) is 1.57. The third kappa shape index (κ3) is 2.71. The first-order valence-corrected chi connectivity index (χ1v) is 7.19. The number of rotatable bonds is 3. The Hall–Kier alpha value is -1.60. The Morgan fingerprint density at radius 3 is 3.00 bits per heavy atom. The molecule has 2 aromatic heterocycles. The highest BCUT2D eigenvalue weighted by atomic mass is 32.1. The first-order chi connectivity index (χ1) is 9.22. The van der Waals surface area contributed by atoms with Crippen LogP contribution in [0.25, 0.3) is 0 Å². The second-order valence-electron chi connectivity index (χ2n) is 4.73. The summed E-state index contributed by atoms with van der Waals surface area (Å²) in [5, 5.41) is 11.7. The monoisotopic (exact) mass is 276 g/mol. The summed E-state index contributed by atoms with van der Waals surface area (Å²) in [6, 6.07) is 2.41. The first-order valence-electron chi connectivity index (χ1n) is 6.31. The summed E-state index contributed by atoms with van der Waals surface area (Å²) in [4.78, 5) is 11.3. The topological polar surface area (TPSA) is 66.8 Å². The van der Waals surface area contributed by atoms with E-state index in [4.69, 9.17) is 0 Å². The van der Waals surface area contributed by atoms with Crippen LogP contribution >= 0.6 is 11.3 Å². The van der Waals surface area contributed by atoms with Crippen molar-refractivity contribution in [2.45, 2.75) is 25.8 Å². The smallest absolute Gasteiger partial charge is 0.210 e. The molecule has 1 fully saturated rings. The highest BCUT2D eigenvalue weighted by Gasteiger charge is 2.24. The van der Waals surface area contributed by atoms with Crippen LogP contribution in [0.1, 0.15) is 30.4 Å². The Bertz CT molecular complexity index is 555. The Balaban J connectivity index is 1.87. The van der Waals surface area contributed by atoms with Crippen LogP contribution in [0.4, 0.5) is 10.9 Å². The van der Waals surface area contributed by atoms with E-state index in [1.165, 1.54) is 17.8 Å². The quantitative estimate of drug-likeness (QED) is 0.926. The van der Waals surface area contributed by atoms with E-state index in [9.17, 15) is 0 Å². The van der Waals surface area contributed by atoms with Gasteiger partial charge in [-0.2, -0.15) is 0 Å². The van der Waals surface area contributed by atoms with Crippen molar-refractivity contribution in [2.24, 2.45) is 0 Å². The van der Waals surface area contributed by atoms with E-state index in [1.54, 1.807) is 5.51 Å². The van der Waals surface area contributed by atoms with Crippen LogP contribution in [0.2, 0.25) is 0 Å². The number of nitrogens with one attached hydrogen (secondary N) is 1. The number of hydrogen-bond donors (Lipinski definition) is 1. The van der Waals surface area contributed by atoms with Crippen LogP contribution in [-0.2, 0) is 0 Å². The lowest BCUT2D eigenvalue weighted by atomic mass is 10.1. The molecule has 19 heavy (non-hydrogen) atoms. The van der Waals surface area contributed by atoms with E-state index in [-0.39, 0.29) is 0 Å². The van der Waals surface area contributed by atoms with Crippen molar-refractivity contribution in [2.75, 3.05) is 18.9 Å². The van der Waals surface area contributed by atoms with E-state index >= 15 is 0 Å². The minimum absolute atomic E-state index is 0.400. The van der Waals surface area contributed by atoms with Gasteiger partial charge in [-0.1, -0.05) is 11.3 Å². The fourth-order valence-corrected chi connectivity index (χ4v) is 2.90. The molecule has 3 heterocycles. The molecule has 1 aliphatic rings. The standard InChI is InChI=1S/C12H16N6S/c1-8-14-9(10-4-3-5-18(10)2)6-11(15-8)16-12-17-13-7-19-12/h6-7,10H,3-5H2,1-2H3,(H,14,15,16,17)/t10-/m1/s1. The van der Waals surface area contributed by atoms with Crippen molar-refractivity contribution < 1.29 is 0 Å². The zero-order valence-electron chi connectivity index (χ0n) is 11.0. The van der Waals surface area contributed by atoms with Crippen LogP contribution < -0.4 is 5.32 Å². The highest BCUT2D eigenvalue weighted by molar-refractivity contribution is 7.13. The van der Waals surface area contributed by atoms with Crippen molar-refractivity contribution in [3.8, 4) is 0 Å². The average Bonchev–Trinajstić information content (AvgIpc) is 2.99. The lowest BCUT2D eigenvalue weighted by molar-refractivity contribution is 0.311. The summed E-state index contributed by atoms with van der Waals surface area (Å²) in [7, 11) is 2.15. The molecular formula is C12H16N6S. The molecule has 1 atom stereocenters. The van der Waals surface area contributed by atoms with Crippen molar-refractivity contribution in [1.29, 1.82) is 0 Å². The summed E-state index contributed by atoms with van der Waals surface area (Å²) in [5.41, 5.74) is 2.78. The molecule has 0 bridgehead atoms. The SMILES string of the molecule is Cc1nc(Nc2nncs2)cc([C@H]2CCCN2C)n1. The minimum Gasteiger partial charge on any atom is -0.315 e. The Kier molecular flexibility index (Phi) is 3.39. The molecule has 0 unspecified atom stereocenters. The Morgan fingerprint density at radius 2 is 2.32 bits per heavy atom. The van der Waals surface area contributed by atoms with E-state index in [0.717, 1.165) is 35.4 Å². The molecule has 0 radical (unpaired) electrons. The van der Waals surface area contributed by atoms with Crippen molar-refractivity contribution in [3.05, 3.63) is 23.1 Å². The number of anilines is 2. The third-order valence-electron chi connectivity index (χ3n) is 3.31. The molecule has 1 N–H and O–H groups in total. The molecule has 0 spiro atoms. The second kappa shape index (κ2) is 5.18. The highest BCUT2D eigenvalue weighted by Crippen LogP contribution is 2.30. The number of aromatic nitrogens is 4. The molecule has 6 nitrogen and oxygen atoms in total. The van der Waals surface area contributed by atoms with Gasteiger partial charge in [0.05, 0.1) is 11.7 Å². The van der Waals surface area contributed by atoms with Gasteiger partial charge in [-0.15, -0.1) is 10.2 Å². The van der Waals surface area contributed by atoms with E-state index in [2.05, 4.69) is 37.4 Å². The van der Waals surface area contributed by atoms with E-state index < -0.39 is 0 Å². The van der Waals surface area contributed by atoms with Gasteiger partial charge in [0.15, 0.2) is 0 Å². The summed E-state index contributed by atoms with van der Waals surface area (Å²) in [6.45, 7) is 3.05. The maximum Gasteiger partial charge on any atom is 0.210 e. The summed E-state index contributed by atoms with van der Waals surface area (Å²) < 4.78 is 0. The molecule has 0 saturated carbocycles. The number of aryl methyl sites for hydroxylation is 1. The van der Waals surface area contributed by atoms with E-state index in [1.807, 2.05) is 13.0 Å². The first kappa shape index (κ1) is 12.4. The summed E-state index contributed by atoms with van der Waals surface area (Å²) in [6.07, 6.45) is 2.38. The molecule has 0 aromatic carbocycles. The van der Waals surface area contributed by atoms with Crippen LogP contribution in [0.5, 0.6) is 0 Å². The predicted molar refractivity (Wildman–Crippen MR) is 74.6 cm³/mol. The predicted octanol–water partition coefficient (Wildman–Crippen LogP) is 2.15. The zero-order valence-corrected chi connectivity index (χ0v) is 11.8. The molecule has 0 amide bonds. The molecule has 7 heteroatoms. The van der Waals surface area contributed by atoms with Crippen molar-refractivity contribution >= 4 is 22.3 Å². The Labute approximate surface area is 115 Å². The van der Waals surface area contributed by atoms with Gasteiger partial charge < -0.3 is 5.32 Å². The molecule has 3 rings (SSSR count). The maximum absolute atomic E-state index is 4.57. The van der Waals surface area contributed by atoms with Crippen molar-refractivity contribution in [1.82, 2.24) is 25.1 Å². The summed E-state index contributed by atoms with van der Waals surface area (Å²) >= 11 is 1.46. The molecule has 1 saturated heterocycles. The van der Waals surface area contributed by atoms with Crippen LogP contribution in [0.3, 0.4) is 0 Å². The molecule has 100 valence electrons. The number of nitrogens with zero attached hydrogens (tertiary/aromatic N) is 5. The fourth-order valence-electron chi connectivity index (χ4n) is 2.45. The largest absolute Gasteiger partial charge is 0.315 e. The molecular weight excluding hydrogens is 260 g/mol. The van der Waals surface area contributed by atoms with E-state index in [0.29, 0.717) is 6.04 Å². The van der Waals surface area contributed by atoms with Gasteiger partial charge in [-0.25, -0.2) is 9.97 Å². The van der Waals surface area contributed by atoms with Gasteiger partial charge in [0.1, 0.15) is 17.2 Å². The molecule has 2 aromatic rings. The van der Waals surface area contributed by atoms with Crippen LogP contribution in [-0.4, -0.2) is 38.7 Å².